The summed E-state index contributed by atoms with van der Waals surface area (Å²) in [7, 11) is 0. The molecule has 200 valence electrons. The van der Waals surface area contributed by atoms with Gasteiger partial charge in [0, 0.05) is 45.1 Å². The average molecular weight is 507 g/mol. The lowest BCUT2D eigenvalue weighted by atomic mass is 9.81. The number of carbonyl (C=O) groups is 2. The predicted molar refractivity (Wildman–Crippen MR) is 142 cm³/mol. The van der Waals surface area contributed by atoms with Gasteiger partial charge in [-0.25, -0.2) is 0 Å². The Kier molecular flexibility index (Phi) is 8.46. The summed E-state index contributed by atoms with van der Waals surface area (Å²) >= 11 is 0. The molecular formula is C30H42N4O3. The molecule has 3 fully saturated rings. The molecule has 7 heteroatoms. The van der Waals surface area contributed by atoms with E-state index in [1.165, 1.54) is 30.4 Å². The second kappa shape index (κ2) is 12.0. The smallest absolute Gasteiger partial charge is 0.224 e. The summed E-state index contributed by atoms with van der Waals surface area (Å²) in [5, 5.41) is 13.4. The van der Waals surface area contributed by atoms with Gasteiger partial charge in [0.15, 0.2) is 0 Å². The van der Waals surface area contributed by atoms with E-state index in [1.807, 2.05) is 4.90 Å². The van der Waals surface area contributed by atoms with Crippen LogP contribution < -0.4 is 5.32 Å². The summed E-state index contributed by atoms with van der Waals surface area (Å²) in [5.41, 5.74) is 2.03. The van der Waals surface area contributed by atoms with E-state index in [0.29, 0.717) is 51.1 Å². The first-order valence-electron chi connectivity index (χ1n) is 14.4. The van der Waals surface area contributed by atoms with Gasteiger partial charge in [-0.2, -0.15) is 5.26 Å². The summed E-state index contributed by atoms with van der Waals surface area (Å²) in [6, 6.07) is 11.1. The van der Waals surface area contributed by atoms with Crippen molar-refractivity contribution in [3.8, 4) is 6.07 Å². The van der Waals surface area contributed by atoms with Gasteiger partial charge in [-0.3, -0.25) is 14.5 Å². The number of nitriles is 1. The van der Waals surface area contributed by atoms with Crippen LogP contribution in [0.2, 0.25) is 0 Å². The molecule has 0 aromatic heterocycles. The van der Waals surface area contributed by atoms with Crippen LogP contribution in [0.15, 0.2) is 24.3 Å². The molecule has 7 nitrogen and oxygen atoms in total. The van der Waals surface area contributed by atoms with Gasteiger partial charge >= 0.3 is 0 Å². The summed E-state index contributed by atoms with van der Waals surface area (Å²) in [6.07, 6.45) is 9.74. The van der Waals surface area contributed by atoms with Crippen molar-refractivity contribution in [2.45, 2.75) is 69.7 Å². The number of morpholine rings is 1. The third-order valence-corrected chi connectivity index (χ3v) is 9.07. The van der Waals surface area contributed by atoms with Gasteiger partial charge in [-0.05, 0) is 48.6 Å². The number of hydrogen-bond donors (Lipinski definition) is 1. The first-order chi connectivity index (χ1) is 18.0. The van der Waals surface area contributed by atoms with Gasteiger partial charge in [0.2, 0.25) is 11.8 Å². The molecule has 0 unspecified atom stereocenters. The number of amides is 2. The van der Waals surface area contributed by atoms with E-state index in [-0.39, 0.29) is 24.2 Å². The van der Waals surface area contributed by atoms with Crippen LogP contribution in [-0.2, 0) is 27.2 Å². The molecule has 4 aliphatic rings. The SMILES string of the molecule is N#C[C@]1(NC(=O)[C@@H](CC(=O)N2CCOCC2)CC2CCCCC2)CCN(CC2Cc3ccccc3C2)C1. The third kappa shape index (κ3) is 6.53. The normalized spacial score (nSPS) is 26.0. The Labute approximate surface area is 221 Å². The van der Waals surface area contributed by atoms with E-state index >= 15 is 0 Å². The van der Waals surface area contributed by atoms with Crippen LogP contribution in [0, 0.1) is 29.1 Å². The fourth-order valence-electron chi connectivity index (χ4n) is 7.01. The number of nitrogens with zero attached hydrogens (tertiary/aromatic N) is 3. The van der Waals surface area contributed by atoms with Gasteiger partial charge in [0.25, 0.3) is 0 Å². The number of nitrogens with one attached hydrogen (secondary N) is 1. The molecule has 2 saturated heterocycles. The van der Waals surface area contributed by atoms with Crippen LogP contribution in [0.1, 0.15) is 62.5 Å². The van der Waals surface area contributed by atoms with Crippen molar-refractivity contribution < 1.29 is 14.3 Å². The molecule has 1 N–H and O–H groups in total. The predicted octanol–water partition coefficient (Wildman–Crippen LogP) is 3.32. The molecule has 0 bridgehead atoms. The Balaban J connectivity index is 1.20. The van der Waals surface area contributed by atoms with Crippen molar-refractivity contribution in [1.29, 1.82) is 5.26 Å². The van der Waals surface area contributed by atoms with Gasteiger partial charge < -0.3 is 15.0 Å². The molecule has 5 rings (SSSR count). The molecule has 1 aromatic rings. The number of benzene rings is 1. The average Bonchev–Trinajstić information content (AvgIpc) is 3.53. The fourth-order valence-corrected chi connectivity index (χ4v) is 7.01. The minimum Gasteiger partial charge on any atom is -0.378 e. The topological polar surface area (TPSA) is 85.7 Å². The number of fused-ring (bicyclic) bond motifs is 1. The quantitative estimate of drug-likeness (QED) is 0.585. The number of ether oxygens (including phenoxy) is 1. The van der Waals surface area contributed by atoms with Crippen molar-refractivity contribution in [3.05, 3.63) is 35.4 Å². The highest BCUT2D eigenvalue weighted by molar-refractivity contribution is 5.86. The molecule has 2 aliphatic heterocycles. The number of carbonyl (C=O) groups excluding carboxylic acids is 2. The fraction of sp³-hybridized carbons (Fsp3) is 0.700. The molecule has 0 spiro atoms. The minimum atomic E-state index is -0.866. The molecule has 2 atom stereocenters. The second-order valence-electron chi connectivity index (χ2n) is 11.8. The summed E-state index contributed by atoms with van der Waals surface area (Å²) in [4.78, 5) is 31.0. The highest BCUT2D eigenvalue weighted by atomic mass is 16.5. The lowest BCUT2D eigenvalue weighted by Gasteiger charge is -2.32. The molecular weight excluding hydrogens is 464 g/mol. The first-order valence-corrected chi connectivity index (χ1v) is 14.4. The number of hydrogen-bond acceptors (Lipinski definition) is 5. The zero-order chi connectivity index (χ0) is 25.7. The van der Waals surface area contributed by atoms with E-state index in [2.05, 4.69) is 40.6 Å². The monoisotopic (exact) mass is 506 g/mol. The largest absolute Gasteiger partial charge is 0.378 e. The van der Waals surface area contributed by atoms with Crippen LogP contribution in [-0.4, -0.2) is 73.1 Å². The van der Waals surface area contributed by atoms with Crippen molar-refractivity contribution in [3.63, 3.8) is 0 Å². The molecule has 0 radical (unpaired) electrons. The molecule has 2 heterocycles. The summed E-state index contributed by atoms with van der Waals surface area (Å²) in [6.45, 7) is 4.65. The van der Waals surface area contributed by atoms with Crippen LogP contribution in [0.4, 0.5) is 0 Å². The van der Waals surface area contributed by atoms with E-state index in [0.717, 1.165) is 45.2 Å². The second-order valence-corrected chi connectivity index (χ2v) is 11.8. The molecule has 37 heavy (non-hydrogen) atoms. The van der Waals surface area contributed by atoms with E-state index in [1.54, 1.807) is 0 Å². The first kappa shape index (κ1) is 26.2. The van der Waals surface area contributed by atoms with Crippen LogP contribution >= 0.6 is 0 Å². The van der Waals surface area contributed by atoms with Crippen molar-refractivity contribution in [2.75, 3.05) is 45.9 Å². The Bertz CT molecular complexity index is 970. The van der Waals surface area contributed by atoms with E-state index < -0.39 is 5.54 Å². The number of rotatable bonds is 8. The minimum absolute atomic E-state index is 0.0408. The Hall–Kier alpha value is -2.43. The Morgan fingerprint density at radius 2 is 1.76 bits per heavy atom. The maximum atomic E-state index is 13.7. The van der Waals surface area contributed by atoms with Gasteiger partial charge in [-0.1, -0.05) is 56.4 Å². The van der Waals surface area contributed by atoms with Gasteiger partial charge in [0.1, 0.15) is 5.54 Å². The molecule has 2 amide bonds. The van der Waals surface area contributed by atoms with Gasteiger partial charge in [0.05, 0.1) is 19.3 Å². The maximum Gasteiger partial charge on any atom is 0.224 e. The highest BCUT2D eigenvalue weighted by Gasteiger charge is 2.42. The third-order valence-electron chi connectivity index (χ3n) is 9.07. The summed E-state index contributed by atoms with van der Waals surface area (Å²) in [5.74, 6) is 0.613. The van der Waals surface area contributed by atoms with E-state index in [9.17, 15) is 14.9 Å². The van der Waals surface area contributed by atoms with Crippen molar-refractivity contribution in [2.24, 2.45) is 17.8 Å². The zero-order valence-electron chi connectivity index (χ0n) is 22.1. The Morgan fingerprint density at radius 1 is 1.05 bits per heavy atom. The lowest BCUT2D eigenvalue weighted by Crippen LogP contribution is -2.52. The highest BCUT2D eigenvalue weighted by Crippen LogP contribution is 2.33. The van der Waals surface area contributed by atoms with Crippen LogP contribution in [0.5, 0.6) is 0 Å². The summed E-state index contributed by atoms with van der Waals surface area (Å²) < 4.78 is 5.40. The van der Waals surface area contributed by atoms with Gasteiger partial charge in [-0.15, -0.1) is 0 Å². The molecule has 2 aliphatic carbocycles. The maximum absolute atomic E-state index is 13.7. The molecule has 1 saturated carbocycles. The lowest BCUT2D eigenvalue weighted by molar-refractivity contribution is -0.140. The Morgan fingerprint density at radius 3 is 2.43 bits per heavy atom. The van der Waals surface area contributed by atoms with Crippen LogP contribution in [0.25, 0.3) is 0 Å². The van der Waals surface area contributed by atoms with Crippen molar-refractivity contribution >= 4 is 11.8 Å². The van der Waals surface area contributed by atoms with E-state index in [4.69, 9.17) is 4.74 Å². The zero-order valence-corrected chi connectivity index (χ0v) is 22.1. The molecule has 1 aromatic carbocycles. The standard InChI is InChI=1S/C30H42N4O3/c31-21-30(10-11-33(22-30)20-24-17-25-8-4-5-9-26(25)18-24)32-29(36)27(16-23-6-2-1-3-7-23)19-28(35)34-12-14-37-15-13-34/h4-5,8-9,23-24,27H,1-3,6-7,10-20,22H2,(H,32,36)/t27-,30-/m1/s1. The number of likely N-dealkylation sites (tertiary alicyclic amines) is 1. The van der Waals surface area contributed by atoms with Crippen LogP contribution in [0.3, 0.4) is 0 Å². The van der Waals surface area contributed by atoms with Crippen molar-refractivity contribution in [1.82, 2.24) is 15.1 Å².